The Kier molecular flexibility index (Phi) is 9.45. The first-order valence-corrected chi connectivity index (χ1v) is 15.6. The number of nitrogens with two attached hydrogens (primary N) is 1. The van der Waals surface area contributed by atoms with Crippen molar-refractivity contribution in [2.45, 2.75) is 25.4 Å². The average molecular weight is 706 g/mol. The van der Waals surface area contributed by atoms with Crippen molar-refractivity contribution in [3.8, 4) is 0 Å². The standard InChI is InChI=1S/C31H34Cl2IN5O2/c1-20(25-10-8-23(33)18-27(25)35)39-29(21-4-6-22(32)7-5-21)31(41)38(13-3-12-37-16-14-36(2)15-17-37)28-11-9-24(34)19-26(28)30(39)40/h4-11,18-20,29H,3,12-17,35H2,1-2H3. The molecule has 2 aliphatic rings. The minimum absolute atomic E-state index is 0.154. The zero-order chi connectivity index (χ0) is 29.3. The van der Waals surface area contributed by atoms with Crippen LogP contribution in [0.5, 0.6) is 0 Å². The van der Waals surface area contributed by atoms with Crippen molar-refractivity contribution in [1.29, 1.82) is 0 Å². The minimum atomic E-state index is -0.876. The number of benzene rings is 3. The number of nitrogen functional groups attached to an aromatic ring is 1. The fourth-order valence-electron chi connectivity index (χ4n) is 5.73. The molecule has 2 heterocycles. The van der Waals surface area contributed by atoms with Crippen molar-refractivity contribution in [1.82, 2.24) is 14.7 Å². The molecule has 0 aliphatic carbocycles. The molecule has 0 bridgehead atoms. The molecule has 5 rings (SSSR count). The van der Waals surface area contributed by atoms with Gasteiger partial charge in [0.25, 0.3) is 11.8 Å². The van der Waals surface area contributed by atoms with Gasteiger partial charge >= 0.3 is 0 Å². The normalized spacial score (nSPS) is 19.3. The van der Waals surface area contributed by atoms with E-state index in [9.17, 15) is 9.59 Å². The lowest BCUT2D eigenvalue weighted by Gasteiger charge is -2.36. The highest BCUT2D eigenvalue weighted by Crippen LogP contribution is 2.41. The second-order valence-electron chi connectivity index (χ2n) is 10.8. The van der Waals surface area contributed by atoms with E-state index in [0.717, 1.165) is 48.3 Å². The van der Waals surface area contributed by atoms with Crippen molar-refractivity contribution in [2.75, 3.05) is 56.9 Å². The number of piperazine rings is 1. The number of fused-ring (bicyclic) bond motifs is 1. The molecule has 0 radical (unpaired) electrons. The van der Waals surface area contributed by atoms with Gasteiger partial charge in [0.05, 0.1) is 17.3 Å². The Labute approximate surface area is 265 Å². The van der Waals surface area contributed by atoms with Crippen LogP contribution in [0, 0.1) is 3.57 Å². The summed E-state index contributed by atoms with van der Waals surface area (Å²) in [4.78, 5) is 37.4. The predicted molar refractivity (Wildman–Crippen MR) is 175 cm³/mol. The van der Waals surface area contributed by atoms with E-state index in [1.807, 2.05) is 43.3 Å². The summed E-state index contributed by atoms with van der Waals surface area (Å²) in [5.74, 6) is -0.381. The van der Waals surface area contributed by atoms with E-state index < -0.39 is 12.1 Å². The van der Waals surface area contributed by atoms with Gasteiger partial charge in [-0.25, -0.2) is 0 Å². The van der Waals surface area contributed by atoms with Crippen LogP contribution < -0.4 is 10.6 Å². The third kappa shape index (κ3) is 6.51. The molecule has 2 atom stereocenters. The number of hydrogen-bond acceptors (Lipinski definition) is 5. The average Bonchev–Trinajstić information content (AvgIpc) is 3.03. The highest BCUT2D eigenvalue weighted by atomic mass is 127. The lowest BCUT2D eigenvalue weighted by atomic mass is 9.97. The summed E-state index contributed by atoms with van der Waals surface area (Å²) < 4.78 is 0.920. The second kappa shape index (κ2) is 12.9. The SMILES string of the molecule is CC(c1ccc(Cl)cc1N)N1C(=O)c2cc(I)ccc2N(CCCN2CCN(C)CC2)C(=O)C1c1ccc(Cl)cc1. The Morgan fingerprint density at radius 3 is 2.29 bits per heavy atom. The number of halogens is 3. The molecule has 2 unspecified atom stereocenters. The molecule has 0 saturated carbocycles. The van der Waals surface area contributed by atoms with E-state index in [-0.39, 0.29) is 11.8 Å². The monoisotopic (exact) mass is 705 g/mol. The number of anilines is 2. The molecule has 7 nitrogen and oxygen atoms in total. The van der Waals surface area contributed by atoms with Gasteiger partial charge in [0.1, 0.15) is 6.04 Å². The lowest BCUT2D eigenvalue weighted by Crippen LogP contribution is -2.46. The zero-order valence-electron chi connectivity index (χ0n) is 23.2. The Morgan fingerprint density at radius 2 is 1.61 bits per heavy atom. The molecular formula is C31H34Cl2IN5O2. The number of likely N-dealkylation sites (N-methyl/N-ethyl adjacent to an activating group) is 1. The van der Waals surface area contributed by atoms with Crippen LogP contribution >= 0.6 is 45.8 Å². The molecule has 2 N–H and O–H groups in total. The molecule has 3 aromatic carbocycles. The summed E-state index contributed by atoms with van der Waals surface area (Å²) in [5, 5.41) is 1.07. The molecule has 216 valence electrons. The van der Waals surface area contributed by atoms with Gasteiger partial charge in [-0.2, -0.15) is 0 Å². The third-order valence-electron chi connectivity index (χ3n) is 8.05. The summed E-state index contributed by atoms with van der Waals surface area (Å²) in [6, 6.07) is 16.7. The van der Waals surface area contributed by atoms with Crippen molar-refractivity contribution in [3.63, 3.8) is 0 Å². The number of carbonyl (C=O) groups is 2. The van der Waals surface area contributed by atoms with Crippen molar-refractivity contribution >= 4 is 69.0 Å². The van der Waals surface area contributed by atoms with E-state index in [2.05, 4.69) is 39.4 Å². The molecular weight excluding hydrogens is 672 g/mol. The Balaban J connectivity index is 1.57. The van der Waals surface area contributed by atoms with E-state index in [1.54, 1.807) is 34.1 Å². The first kappa shape index (κ1) is 30.1. The van der Waals surface area contributed by atoms with Gasteiger partial charge in [-0.05, 0) is 103 Å². The van der Waals surface area contributed by atoms with E-state index in [0.29, 0.717) is 39.1 Å². The van der Waals surface area contributed by atoms with Crippen LogP contribution in [-0.4, -0.2) is 72.8 Å². The highest BCUT2D eigenvalue weighted by molar-refractivity contribution is 14.1. The molecule has 0 aromatic heterocycles. The van der Waals surface area contributed by atoms with Crippen LogP contribution in [-0.2, 0) is 4.79 Å². The molecule has 1 saturated heterocycles. The fraction of sp³-hybridized carbons (Fsp3) is 0.355. The number of amides is 2. The van der Waals surface area contributed by atoms with Crippen molar-refractivity contribution in [2.24, 2.45) is 0 Å². The summed E-state index contributed by atoms with van der Waals surface area (Å²) in [5.41, 5.74) is 9.42. The van der Waals surface area contributed by atoms with Gasteiger partial charge in [-0.1, -0.05) is 41.4 Å². The number of hydrogen-bond donors (Lipinski definition) is 1. The topological polar surface area (TPSA) is 73.1 Å². The highest BCUT2D eigenvalue weighted by Gasteiger charge is 2.43. The summed E-state index contributed by atoms with van der Waals surface area (Å²) in [6.07, 6.45) is 0.794. The van der Waals surface area contributed by atoms with E-state index >= 15 is 0 Å². The Morgan fingerprint density at radius 1 is 0.927 bits per heavy atom. The third-order valence-corrected chi connectivity index (χ3v) is 9.20. The van der Waals surface area contributed by atoms with Crippen LogP contribution in [0.2, 0.25) is 10.0 Å². The maximum absolute atomic E-state index is 14.7. The number of rotatable bonds is 7. The van der Waals surface area contributed by atoms with Crippen molar-refractivity contribution < 1.29 is 9.59 Å². The first-order valence-electron chi connectivity index (χ1n) is 13.8. The van der Waals surface area contributed by atoms with Gasteiger partial charge < -0.3 is 25.3 Å². The van der Waals surface area contributed by atoms with E-state index in [1.165, 1.54) is 0 Å². The van der Waals surface area contributed by atoms with Gasteiger partial charge in [0.15, 0.2) is 0 Å². The van der Waals surface area contributed by atoms with Crippen LogP contribution in [0.4, 0.5) is 11.4 Å². The molecule has 10 heteroatoms. The quantitative estimate of drug-likeness (QED) is 0.237. The molecule has 2 amide bonds. The zero-order valence-corrected chi connectivity index (χ0v) is 26.9. The molecule has 0 spiro atoms. The molecule has 2 aliphatic heterocycles. The van der Waals surface area contributed by atoms with Crippen LogP contribution in [0.3, 0.4) is 0 Å². The van der Waals surface area contributed by atoms with Crippen LogP contribution in [0.25, 0.3) is 0 Å². The maximum Gasteiger partial charge on any atom is 0.257 e. The van der Waals surface area contributed by atoms with E-state index in [4.69, 9.17) is 28.9 Å². The smallest absolute Gasteiger partial charge is 0.257 e. The van der Waals surface area contributed by atoms with Gasteiger partial charge in [0.2, 0.25) is 0 Å². The summed E-state index contributed by atoms with van der Waals surface area (Å²) in [7, 11) is 2.14. The minimum Gasteiger partial charge on any atom is -0.398 e. The molecule has 41 heavy (non-hydrogen) atoms. The maximum atomic E-state index is 14.7. The Hall–Kier alpha value is -2.37. The lowest BCUT2D eigenvalue weighted by molar-refractivity contribution is -0.123. The van der Waals surface area contributed by atoms with Gasteiger partial charge in [-0.15, -0.1) is 0 Å². The van der Waals surface area contributed by atoms with Crippen LogP contribution in [0.15, 0.2) is 60.7 Å². The van der Waals surface area contributed by atoms with Crippen molar-refractivity contribution in [3.05, 3.63) is 91.0 Å². The van der Waals surface area contributed by atoms with Crippen LogP contribution in [0.1, 0.15) is 46.9 Å². The van der Waals surface area contributed by atoms with Gasteiger partial charge in [-0.3, -0.25) is 9.59 Å². The Bertz CT molecular complexity index is 1430. The molecule has 1 fully saturated rings. The summed E-state index contributed by atoms with van der Waals surface area (Å²) in [6.45, 7) is 7.40. The van der Waals surface area contributed by atoms with Gasteiger partial charge in [0, 0.05) is 52.0 Å². The number of nitrogens with zero attached hydrogens (tertiary/aromatic N) is 4. The second-order valence-corrected chi connectivity index (χ2v) is 12.9. The predicted octanol–water partition coefficient (Wildman–Crippen LogP) is 6.11. The largest absolute Gasteiger partial charge is 0.398 e. The number of carbonyl (C=O) groups excluding carboxylic acids is 2. The first-order chi connectivity index (χ1) is 19.6. The fourth-order valence-corrected chi connectivity index (χ4v) is 6.53. The summed E-state index contributed by atoms with van der Waals surface area (Å²) >= 11 is 14.6. The molecule has 3 aromatic rings.